The molecule has 1 aromatic carbocycles. The van der Waals surface area contributed by atoms with Crippen LogP contribution in [0.4, 0.5) is 5.69 Å². The van der Waals surface area contributed by atoms with E-state index >= 15 is 0 Å². The number of carbonyl (C=O) groups is 2. The molecule has 6 nitrogen and oxygen atoms in total. The summed E-state index contributed by atoms with van der Waals surface area (Å²) in [6, 6.07) is 4.99. The highest BCUT2D eigenvalue weighted by molar-refractivity contribution is 6.06. The number of benzene rings is 1. The summed E-state index contributed by atoms with van der Waals surface area (Å²) in [5.74, 6) is -1.06. The van der Waals surface area contributed by atoms with Crippen LogP contribution in [0.15, 0.2) is 28.9 Å². The topological polar surface area (TPSA) is 83.6 Å². The predicted octanol–water partition coefficient (Wildman–Crippen LogP) is 2.27. The second-order valence-corrected chi connectivity index (χ2v) is 5.01. The van der Waals surface area contributed by atoms with Crippen LogP contribution >= 0.6 is 0 Å². The van der Waals surface area contributed by atoms with Crippen LogP contribution in [0, 0.1) is 6.92 Å². The Labute approximate surface area is 121 Å². The number of carboxylic acids is 1. The van der Waals surface area contributed by atoms with Crippen LogP contribution in [-0.2, 0) is 6.42 Å². The van der Waals surface area contributed by atoms with E-state index < -0.39 is 5.97 Å². The molecule has 1 aliphatic rings. The van der Waals surface area contributed by atoms with Gasteiger partial charge in [-0.05, 0) is 37.5 Å². The fourth-order valence-corrected chi connectivity index (χ4v) is 2.66. The van der Waals surface area contributed by atoms with Crippen molar-refractivity contribution in [2.24, 2.45) is 0 Å². The summed E-state index contributed by atoms with van der Waals surface area (Å²) >= 11 is 0. The van der Waals surface area contributed by atoms with Gasteiger partial charge in [0.2, 0.25) is 5.76 Å². The lowest BCUT2D eigenvalue weighted by Gasteiger charge is -2.29. The number of aromatic nitrogens is 1. The summed E-state index contributed by atoms with van der Waals surface area (Å²) < 4.78 is 5.01. The van der Waals surface area contributed by atoms with Gasteiger partial charge in [0.05, 0.1) is 11.8 Å². The number of rotatable bonds is 2. The van der Waals surface area contributed by atoms with Gasteiger partial charge in [-0.1, -0.05) is 11.2 Å². The van der Waals surface area contributed by atoms with Crippen molar-refractivity contribution < 1.29 is 19.2 Å². The molecule has 6 heteroatoms. The molecule has 108 valence electrons. The number of carboxylic acid groups (broad SMARTS) is 1. The van der Waals surface area contributed by atoms with Gasteiger partial charge < -0.3 is 14.5 Å². The Bertz CT molecular complexity index is 720. The molecule has 1 aliphatic heterocycles. The molecule has 0 radical (unpaired) electrons. The number of nitrogens with zero attached hydrogens (tertiary/aromatic N) is 2. The molecule has 0 unspecified atom stereocenters. The molecule has 1 aromatic heterocycles. The molecule has 0 saturated carbocycles. The van der Waals surface area contributed by atoms with Gasteiger partial charge in [-0.25, -0.2) is 4.79 Å². The molecule has 0 bridgehead atoms. The summed E-state index contributed by atoms with van der Waals surface area (Å²) in [6.45, 7) is 2.29. The third-order valence-electron chi connectivity index (χ3n) is 3.67. The van der Waals surface area contributed by atoms with Gasteiger partial charge in [-0.15, -0.1) is 0 Å². The Morgan fingerprint density at radius 1 is 1.38 bits per heavy atom. The van der Waals surface area contributed by atoms with Gasteiger partial charge in [0.15, 0.2) is 0 Å². The number of amides is 1. The van der Waals surface area contributed by atoms with Crippen LogP contribution in [-0.4, -0.2) is 28.7 Å². The molecule has 0 atom stereocenters. The fourth-order valence-electron chi connectivity index (χ4n) is 2.66. The molecular formula is C15H14N2O4. The van der Waals surface area contributed by atoms with E-state index in [-0.39, 0.29) is 17.2 Å². The van der Waals surface area contributed by atoms with Crippen molar-refractivity contribution in [2.75, 3.05) is 11.4 Å². The largest absolute Gasteiger partial charge is 0.478 e. The first-order chi connectivity index (χ1) is 10.1. The minimum atomic E-state index is -0.975. The van der Waals surface area contributed by atoms with Crippen molar-refractivity contribution in [3.8, 4) is 0 Å². The van der Waals surface area contributed by atoms with Crippen LogP contribution in [0.5, 0.6) is 0 Å². The molecule has 1 N–H and O–H groups in total. The van der Waals surface area contributed by atoms with Crippen LogP contribution in [0.1, 0.15) is 38.5 Å². The Morgan fingerprint density at radius 2 is 2.19 bits per heavy atom. The Kier molecular flexibility index (Phi) is 3.21. The molecule has 0 fully saturated rings. The number of fused-ring (bicyclic) bond motifs is 1. The first-order valence-electron chi connectivity index (χ1n) is 6.68. The second kappa shape index (κ2) is 5.05. The molecule has 2 heterocycles. The van der Waals surface area contributed by atoms with Crippen molar-refractivity contribution in [1.29, 1.82) is 0 Å². The average molecular weight is 286 g/mol. The number of aryl methyl sites for hydroxylation is 1. The van der Waals surface area contributed by atoms with Crippen LogP contribution in [0.2, 0.25) is 0 Å². The van der Waals surface area contributed by atoms with Crippen molar-refractivity contribution in [1.82, 2.24) is 5.16 Å². The minimum Gasteiger partial charge on any atom is -0.478 e. The maximum Gasteiger partial charge on any atom is 0.336 e. The van der Waals surface area contributed by atoms with Gasteiger partial charge in [0.25, 0.3) is 5.91 Å². The zero-order chi connectivity index (χ0) is 15.0. The highest BCUT2D eigenvalue weighted by Crippen LogP contribution is 2.31. The number of carbonyl (C=O) groups excluding carboxylic acids is 1. The molecule has 0 aliphatic carbocycles. The van der Waals surface area contributed by atoms with E-state index in [1.807, 2.05) is 0 Å². The van der Waals surface area contributed by atoms with Crippen molar-refractivity contribution in [2.45, 2.75) is 19.8 Å². The van der Waals surface area contributed by atoms with E-state index in [1.165, 1.54) is 6.20 Å². The lowest BCUT2D eigenvalue weighted by atomic mass is 9.96. The Hall–Kier alpha value is -2.63. The van der Waals surface area contributed by atoms with Gasteiger partial charge >= 0.3 is 5.97 Å². The normalized spacial score (nSPS) is 13.9. The lowest BCUT2D eigenvalue weighted by Crippen LogP contribution is -2.36. The number of hydrogen-bond acceptors (Lipinski definition) is 4. The maximum absolute atomic E-state index is 12.6. The van der Waals surface area contributed by atoms with Gasteiger partial charge in [-0.2, -0.15) is 0 Å². The zero-order valence-electron chi connectivity index (χ0n) is 11.5. The molecular weight excluding hydrogens is 272 g/mol. The molecule has 0 spiro atoms. The molecule has 2 aromatic rings. The molecule has 3 rings (SSSR count). The molecule has 21 heavy (non-hydrogen) atoms. The highest BCUT2D eigenvalue weighted by Gasteiger charge is 2.29. The molecule has 0 saturated heterocycles. The summed E-state index contributed by atoms with van der Waals surface area (Å²) in [7, 11) is 0. The van der Waals surface area contributed by atoms with Crippen LogP contribution in [0.3, 0.4) is 0 Å². The van der Waals surface area contributed by atoms with Crippen molar-refractivity contribution >= 4 is 17.6 Å². The Morgan fingerprint density at radius 3 is 2.86 bits per heavy atom. The van der Waals surface area contributed by atoms with Gasteiger partial charge in [0, 0.05) is 17.8 Å². The monoisotopic (exact) mass is 286 g/mol. The number of aromatic carboxylic acids is 1. The first kappa shape index (κ1) is 13.4. The zero-order valence-corrected chi connectivity index (χ0v) is 11.5. The van der Waals surface area contributed by atoms with E-state index in [1.54, 1.807) is 30.0 Å². The molecule has 1 amide bonds. The number of anilines is 1. The highest BCUT2D eigenvalue weighted by atomic mass is 16.5. The maximum atomic E-state index is 12.6. The van der Waals surface area contributed by atoms with Crippen LogP contribution < -0.4 is 4.90 Å². The summed E-state index contributed by atoms with van der Waals surface area (Å²) in [6.07, 6.45) is 2.86. The first-order valence-corrected chi connectivity index (χ1v) is 6.68. The fraction of sp³-hybridized carbons (Fsp3) is 0.267. The van der Waals surface area contributed by atoms with E-state index in [9.17, 15) is 14.7 Å². The van der Waals surface area contributed by atoms with Gasteiger partial charge in [-0.3, -0.25) is 4.79 Å². The third kappa shape index (κ3) is 2.18. The van der Waals surface area contributed by atoms with E-state index in [4.69, 9.17) is 4.52 Å². The third-order valence-corrected chi connectivity index (χ3v) is 3.67. The Balaban J connectivity index is 2.05. The van der Waals surface area contributed by atoms with E-state index in [2.05, 4.69) is 5.16 Å². The number of hydrogen-bond donors (Lipinski definition) is 1. The van der Waals surface area contributed by atoms with E-state index in [0.717, 1.165) is 6.42 Å². The summed E-state index contributed by atoms with van der Waals surface area (Å²) in [5, 5.41) is 12.9. The lowest BCUT2D eigenvalue weighted by molar-refractivity contribution is 0.0695. The van der Waals surface area contributed by atoms with E-state index in [0.29, 0.717) is 29.8 Å². The minimum absolute atomic E-state index is 0.198. The average Bonchev–Trinajstić information content (AvgIpc) is 2.91. The predicted molar refractivity (Wildman–Crippen MR) is 74.6 cm³/mol. The van der Waals surface area contributed by atoms with Crippen LogP contribution in [0.25, 0.3) is 0 Å². The van der Waals surface area contributed by atoms with Crippen molar-refractivity contribution in [3.05, 3.63) is 46.8 Å². The smallest absolute Gasteiger partial charge is 0.336 e. The standard InChI is InChI=1S/C15H14N2O4/c1-9-8-16-21-13(9)14(18)17-7-3-5-10-11(15(19)20)4-2-6-12(10)17/h2,4,6,8H,3,5,7H2,1H3,(H,19,20). The summed E-state index contributed by atoms with van der Waals surface area (Å²) in [4.78, 5) is 25.4. The quantitative estimate of drug-likeness (QED) is 0.915. The summed E-state index contributed by atoms with van der Waals surface area (Å²) in [5.41, 5.74) is 2.25. The SMILES string of the molecule is Cc1cnoc1C(=O)N1CCCc2c(C(=O)O)cccc21. The second-order valence-electron chi connectivity index (χ2n) is 5.01. The van der Waals surface area contributed by atoms with Gasteiger partial charge in [0.1, 0.15) is 0 Å². The van der Waals surface area contributed by atoms with Crippen molar-refractivity contribution in [3.63, 3.8) is 0 Å².